The van der Waals surface area contributed by atoms with Crippen LogP contribution in [-0.2, 0) is 19.1 Å². The Kier molecular flexibility index (Phi) is 3.65. The Morgan fingerprint density at radius 1 is 1.09 bits per heavy atom. The molecule has 0 radical (unpaired) electrons. The van der Waals surface area contributed by atoms with Crippen molar-refractivity contribution in [1.82, 2.24) is 9.80 Å². The predicted octanol–water partition coefficient (Wildman–Crippen LogP) is -0.511. The molecule has 4 saturated heterocycles. The molecule has 0 aromatic rings. The first-order valence-corrected chi connectivity index (χ1v) is 8.62. The molecule has 3 amide bonds. The highest BCUT2D eigenvalue weighted by molar-refractivity contribution is 6.08. The van der Waals surface area contributed by atoms with E-state index in [0.29, 0.717) is 13.1 Å². The van der Waals surface area contributed by atoms with Crippen LogP contribution in [0.3, 0.4) is 0 Å². The van der Waals surface area contributed by atoms with Gasteiger partial charge in [0.2, 0.25) is 17.7 Å². The fourth-order valence-electron chi connectivity index (χ4n) is 4.73. The Hall–Kier alpha value is -1.47. The van der Waals surface area contributed by atoms with E-state index in [1.54, 1.807) is 4.90 Å². The highest BCUT2D eigenvalue weighted by Gasteiger charge is 2.62. The van der Waals surface area contributed by atoms with Gasteiger partial charge >= 0.3 is 0 Å². The maximum absolute atomic E-state index is 12.6. The number of carbonyl (C=O) groups excluding carboxylic acids is 3. The van der Waals surface area contributed by atoms with Gasteiger partial charge in [-0.25, -0.2) is 0 Å². The number of nitrogens with zero attached hydrogens (tertiary/aromatic N) is 2. The van der Waals surface area contributed by atoms with Gasteiger partial charge in [0.25, 0.3) is 0 Å². The molecule has 126 valence electrons. The summed E-state index contributed by atoms with van der Waals surface area (Å²) in [7, 11) is 0. The van der Waals surface area contributed by atoms with Crippen molar-refractivity contribution >= 4 is 17.7 Å². The minimum Gasteiger partial charge on any atom is -0.373 e. The normalized spacial score (nSPS) is 39.3. The molecule has 2 bridgehead atoms. The molecule has 0 saturated carbocycles. The van der Waals surface area contributed by atoms with E-state index in [1.807, 2.05) is 0 Å². The van der Waals surface area contributed by atoms with Crippen LogP contribution in [0.2, 0.25) is 0 Å². The monoisotopic (exact) mass is 321 g/mol. The fourth-order valence-corrected chi connectivity index (χ4v) is 4.73. The lowest BCUT2D eigenvalue weighted by Crippen LogP contribution is -2.51. The van der Waals surface area contributed by atoms with Crippen molar-refractivity contribution in [3.05, 3.63) is 0 Å². The summed E-state index contributed by atoms with van der Waals surface area (Å²) in [5.74, 6) is -1.32. The van der Waals surface area contributed by atoms with Crippen LogP contribution < -0.4 is 5.73 Å². The Morgan fingerprint density at radius 2 is 1.74 bits per heavy atom. The average molecular weight is 321 g/mol. The SMILES string of the molecule is NCC1CCCCN1C(=O)CN1C(=O)C2C3CCC(O3)C2C1=O. The largest absolute Gasteiger partial charge is 0.373 e. The summed E-state index contributed by atoms with van der Waals surface area (Å²) >= 11 is 0. The fraction of sp³-hybridized carbons (Fsp3) is 0.812. The van der Waals surface area contributed by atoms with Crippen molar-refractivity contribution in [1.29, 1.82) is 0 Å². The van der Waals surface area contributed by atoms with Gasteiger partial charge in [-0.05, 0) is 32.1 Å². The number of amides is 3. The molecule has 0 aromatic carbocycles. The summed E-state index contributed by atoms with van der Waals surface area (Å²) in [6.45, 7) is 0.954. The number of hydrogen-bond donors (Lipinski definition) is 1. The molecule has 0 aromatic heterocycles. The highest BCUT2D eigenvalue weighted by Crippen LogP contribution is 2.48. The van der Waals surface area contributed by atoms with Crippen LogP contribution in [0, 0.1) is 11.8 Å². The second-order valence-electron chi connectivity index (χ2n) is 7.08. The first-order valence-electron chi connectivity index (χ1n) is 8.62. The topological polar surface area (TPSA) is 92.9 Å². The molecule has 4 aliphatic rings. The first-order chi connectivity index (χ1) is 11.1. The van der Waals surface area contributed by atoms with Crippen LogP contribution in [0.1, 0.15) is 32.1 Å². The van der Waals surface area contributed by atoms with Crippen molar-refractivity contribution in [2.45, 2.75) is 50.4 Å². The van der Waals surface area contributed by atoms with E-state index in [1.165, 1.54) is 4.90 Å². The van der Waals surface area contributed by atoms with Crippen LogP contribution >= 0.6 is 0 Å². The van der Waals surface area contributed by atoms with E-state index >= 15 is 0 Å². The standard InChI is InChI=1S/C16H23N3O4/c17-7-9-3-1-2-6-18(9)12(20)8-19-15(21)13-10-4-5-11(23-10)14(13)16(19)22/h9-11,13-14H,1-8,17H2. The van der Waals surface area contributed by atoms with Gasteiger partial charge < -0.3 is 15.4 Å². The van der Waals surface area contributed by atoms with Crippen molar-refractivity contribution in [2.24, 2.45) is 17.6 Å². The van der Waals surface area contributed by atoms with E-state index < -0.39 is 0 Å². The van der Waals surface area contributed by atoms with Crippen molar-refractivity contribution in [3.63, 3.8) is 0 Å². The van der Waals surface area contributed by atoms with Crippen molar-refractivity contribution < 1.29 is 19.1 Å². The minimum absolute atomic E-state index is 0.0306. The molecular weight excluding hydrogens is 298 g/mol. The van der Waals surface area contributed by atoms with Crippen LogP contribution in [0.15, 0.2) is 0 Å². The first kappa shape index (κ1) is 15.1. The Morgan fingerprint density at radius 3 is 2.35 bits per heavy atom. The second kappa shape index (κ2) is 5.56. The quantitative estimate of drug-likeness (QED) is 0.707. The van der Waals surface area contributed by atoms with Gasteiger partial charge in [0.15, 0.2) is 0 Å². The molecule has 5 unspecified atom stereocenters. The average Bonchev–Trinajstić information content (AvgIpc) is 3.24. The van der Waals surface area contributed by atoms with Gasteiger partial charge in [0, 0.05) is 19.1 Å². The van der Waals surface area contributed by atoms with Gasteiger partial charge in [0.1, 0.15) is 6.54 Å². The van der Waals surface area contributed by atoms with Crippen LogP contribution in [0.4, 0.5) is 0 Å². The Bertz CT molecular complexity index is 523. The molecule has 4 rings (SSSR count). The summed E-state index contributed by atoms with van der Waals surface area (Å²) in [5, 5.41) is 0. The van der Waals surface area contributed by atoms with E-state index in [9.17, 15) is 14.4 Å². The highest BCUT2D eigenvalue weighted by atomic mass is 16.5. The number of nitrogens with two attached hydrogens (primary N) is 1. The maximum Gasteiger partial charge on any atom is 0.243 e. The third kappa shape index (κ3) is 2.21. The number of ether oxygens (including phenoxy) is 1. The van der Waals surface area contributed by atoms with Gasteiger partial charge in [-0.1, -0.05) is 0 Å². The minimum atomic E-state index is -0.360. The van der Waals surface area contributed by atoms with Gasteiger partial charge in [-0.3, -0.25) is 19.3 Å². The molecule has 7 heteroatoms. The molecule has 4 aliphatic heterocycles. The number of imide groups is 1. The summed E-state index contributed by atoms with van der Waals surface area (Å²) < 4.78 is 5.70. The molecule has 4 fully saturated rings. The summed E-state index contributed by atoms with van der Waals surface area (Å²) in [5.41, 5.74) is 5.76. The molecule has 0 aliphatic carbocycles. The number of likely N-dealkylation sites (tertiary alicyclic amines) is 2. The van der Waals surface area contributed by atoms with Crippen LogP contribution in [-0.4, -0.2) is 65.4 Å². The van der Waals surface area contributed by atoms with Crippen LogP contribution in [0.5, 0.6) is 0 Å². The van der Waals surface area contributed by atoms with E-state index in [4.69, 9.17) is 10.5 Å². The van der Waals surface area contributed by atoms with Gasteiger partial charge in [-0.15, -0.1) is 0 Å². The van der Waals surface area contributed by atoms with E-state index in [2.05, 4.69) is 0 Å². The summed E-state index contributed by atoms with van der Waals surface area (Å²) in [6, 6.07) is 0.0306. The Labute approximate surface area is 135 Å². The summed E-state index contributed by atoms with van der Waals surface area (Å²) in [4.78, 5) is 40.7. The molecule has 5 atom stereocenters. The maximum atomic E-state index is 12.6. The number of carbonyl (C=O) groups is 3. The van der Waals surface area contributed by atoms with E-state index in [-0.39, 0.29) is 54.4 Å². The number of fused-ring (bicyclic) bond motifs is 5. The summed E-state index contributed by atoms with van der Waals surface area (Å²) in [6.07, 6.45) is 4.34. The molecule has 4 heterocycles. The van der Waals surface area contributed by atoms with Gasteiger partial charge in [0.05, 0.1) is 24.0 Å². The second-order valence-corrected chi connectivity index (χ2v) is 7.08. The zero-order valence-corrected chi connectivity index (χ0v) is 13.1. The lowest BCUT2D eigenvalue weighted by atomic mass is 9.81. The smallest absolute Gasteiger partial charge is 0.243 e. The molecular formula is C16H23N3O4. The number of rotatable bonds is 3. The molecule has 7 nitrogen and oxygen atoms in total. The third-order valence-electron chi connectivity index (χ3n) is 5.89. The van der Waals surface area contributed by atoms with E-state index in [0.717, 1.165) is 32.1 Å². The lowest BCUT2D eigenvalue weighted by Gasteiger charge is -2.35. The lowest BCUT2D eigenvalue weighted by molar-refractivity contribution is -0.149. The Balaban J connectivity index is 1.47. The zero-order valence-electron chi connectivity index (χ0n) is 13.1. The predicted molar refractivity (Wildman–Crippen MR) is 80.0 cm³/mol. The molecule has 23 heavy (non-hydrogen) atoms. The molecule has 0 spiro atoms. The zero-order chi connectivity index (χ0) is 16.1. The van der Waals surface area contributed by atoms with Crippen molar-refractivity contribution in [3.8, 4) is 0 Å². The molecule has 2 N–H and O–H groups in total. The third-order valence-corrected chi connectivity index (χ3v) is 5.89. The van der Waals surface area contributed by atoms with Gasteiger partial charge in [-0.2, -0.15) is 0 Å². The number of hydrogen-bond acceptors (Lipinski definition) is 5. The number of piperidine rings is 1. The van der Waals surface area contributed by atoms with Crippen molar-refractivity contribution in [2.75, 3.05) is 19.6 Å². The van der Waals surface area contributed by atoms with Crippen LogP contribution in [0.25, 0.3) is 0 Å².